The summed E-state index contributed by atoms with van der Waals surface area (Å²) in [6.45, 7) is 0. The Hall–Kier alpha value is -1.88. The molecule has 0 bridgehead atoms. The van der Waals surface area contributed by atoms with E-state index in [2.05, 4.69) is 16.0 Å². The number of ketones is 1. The number of rotatable bonds is 1. The number of carbonyl (C=O) groups is 1. The maximum Gasteiger partial charge on any atom is 0.170 e. The summed E-state index contributed by atoms with van der Waals surface area (Å²) in [5.74, 6) is 2.53. The highest BCUT2D eigenvalue weighted by Gasteiger charge is 2.26. The van der Waals surface area contributed by atoms with Crippen LogP contribution in [0, 0.1) is 0 Å². The Balaban J connectivity index is 1.65. The number of thioether (sulfide) groups is 1. The van der Waals surface area contributed by atoms with Crippen molar-refractivity contribution in [2.75, 3.05) is 5.75 Å². The Labute approximate surface area is 127 Å². The summed E-state index contributed by atoms with van der Waals surface area (Å²) in [4.78, 5) is 21.9. The Bertz CT molecular complexity index is 717. The van der Waals surface area contributed by atoms with Gasteiger partial charge in [-0.05, 0) is 25.0 Å². The predicted molar refractivity (Wildman–Crippen MR) is 79.8 cm³/mol. The van der Waals surface area contributed by atoms with E-state index >= 15 is 0 Å². The standard InChI is InChI=1S/C16H14N2O2S/c19-12-5-3-4-11-10(12)8-17-16(18-11)14-9-21-15-7-2-1-6-13(15)20-14/h1-2,6-8,14H,3-5,9H2. The van der Waals surface area contributed by atoms with Crippen LogP contribution in [0.2, 0.25) is 0 Å². The summed E-state index contributed by atoms with van der Waals surface area (Å²) in [6, 6.07) is 8.00. The molecule has 0 spiro atoms. The van der Waals surface area contributed by atoms with E-state index in [9.17, 15) is 4.79 Å². The van der Waals surface area contributed by atoms with Gasteiger partial charge in [-0.1, -0.05) is 12.1 Å². The fraction of sp³-hybridized carbons (Fsp3) is 0.312. The fourth-order valence-electron chi connectivity index (χ4n) is 2.71. The van der Waals surface area contributed by atoms with E-state index in [4.69, 9.17) is 4.74 Å². The zero-order valence-electron chi connectivity index (χ0n) is 11.4. The maximum atomic E-state index is 11.8. The van der Waals surface area contributed by atoms with Gasteiger partial charge < -0.3 is 4.74 Å². The zero-order chi connectivity index (χ0) is 14.2. The van der Waals surface area contributed by atoms with Crippen molar-refractivity contribution in [1.29, 1.82) is 0 Å². The van der Waals surface area contributed by atoms with E-state index in [1.807, 2.05) is 18.2 Å². The molecule has 2 aliphatic rings. The maximum absolute atomic E-state index is 11.8. The third kappa shape index (κ3) is 2.31. The van der Waals surface area contributed by atoms with Crippen LogP contribution in [-0.2, 0) is 6.42 Å². The molecule has 1 aliphatic carbocycles. The van der Waals surface area contributed by atoms with Gasteiger partial charge in [0.15, 0.2) is 17.7 Å². The molecule has 0 fully saturated rings. The number of benzene rings is 1. The van der Waals surface area contributed by atoms with E-state index in [1.165, 1.54) is 0 Å². The summed E-state index contributed by atoms with van der Waals surface area (Å²) in [5.41, 5.74) is 1.57. The van der Waals surface area contributed by atoms with E-state index < -0.39 is 0 Å². The Kier molecular flexibility index (Phi) is 3.15. The molecular weight excluding hydrogens is 284 g/mol. The smallest absolute Gasteiger partial charge is 0.170 e. The highest BCUT2D eigenvalue weighted by molar-refractivity contribution is 7.99. The van der Waals surface area contributed by atoms with Gasteiger partial charge in [-0.2, -0.15) is 0 Å². The molecular formula is C16H14N2O2S. The molecule has 5 heteroatoms. The largest absolute Gasteiger partial charge is 0.480 e. The second kappa shape index (κ2) is 5.15. The van der Waals surface area contributed by atoms with Gasteiger partial charge >= 0.3 is 0 Å². The summed E-state index contributed by atoms with van der Waals surface area (Å²) in [5, 5.41) is 0. The lowest BCUT2D eigenvalue weighted by atomic mass is 9.96. The molecule has 0 saturated heterocycles. The quantitative estimate of drug-likeness (QED) is 0.809. The van der Waals surface area contributed by atoms with Crippen molar-refractivity contribution >= 4 is 17.5 Å². The first kappa shape index (κ1) is 12.8. The van der Waals surface area contributed by atoms with Crippen molar-refractivity contribution in [3.63, 3.8) is 0 Å². The average Bonchev–Trinajstić information content (AvgIpc) is 2.54. The van der Waals surface area contributed by atoms with Crippen molar-refractivity contribution in [2.24, 2.45) is 0 Å². The van der Waals surface area contributed by atoms with Gasteiger partial charge in [-0.15, -0.1) is 11.8 Å². The molecule has 2 aromatic rings. The second-order valence-corrected chi connectivity index (χ2v) is 6.29. The number of aromatic nitrogens is 2. The Morgan fingerprint density at radius 1 is 1.24 bits per heavy atom. The lowest BCUT2D eigenvalue weighted by molar-refractivity contribution is 0.0970. The lowest BCUT2D eigenvalue weighted by Gasteiger charge is -2.25. The SMILES string of the molecule is O=C1CCCc2nc(C3CSc4ccccc4O3)ncc21. The molecule has 2 heterocycles. The predicted octanol–water partition coefficient (Wildman–Crippen LogP) is 3.22. The van der Waals surface area contributed by atoms with E-state index in [0.29, 0.717) is 17.8 Å². The van der Waals surface area contributed by atoms with E-state index in [0.717, 1.165) is 34.9 Å². The first-order valence-corrected chi connectivity index (χ1v) is 8.07. The molecule has 4 nitrogen and oxygen atoms in total. The van der Waals surface area contributed by atoms with Crippen LogP contribution in [-0.4, -0.2) is 21.5 Å². The summed E-state index contributed by atoms with van der Waals surface area (Å²) < 4.78 is 6.01. The zero-order valence-corrected chi connectivity index (χ0v) is 12.2. The van der Waals surface area contributed by atoms with Gasteiger partial charge in [0.05, 0.1) is 11.3 Å². The molecule has 0 saturated carbocycles. The molecule has 1 aliphatic heterocycles. The summed E-state index contributed by atoms with van der Waals surface area (Å²) >= 11 is 1.76. The van der Waals surface area contributed by atoms with Gasteiger partial charge in [-0.25, -0.2) is 9.97 Å². The molecule has 0 amide bonds. The van der Waals surface area contributed by atoms with Gasteiger partial charge in [0, 0.05) is 23.3 Å². The minimum absolute atomic E-state index is 0.146. The summed E-state index contributed by atoms with van der Waals surface area (Å²) in [6.07, 6.45) is 3.87. The first-order chi connectivity index (χ1) is 10.3. The Morgan fingerprint density at radius 3 is 3.10 bits per heavy atom. The number of aryl methyl sites for hydroxylation is 1. The van der Waals surface area contributed by atoms with Crippen LogP contribution >= 0.6 is 11.8 Å². The van der Waals surface area contributed by atoms with Crippen LogP contribution in [0.4, 0.5) is 0 Å². The molecule has 0 radical (unpaired) electrons. The molecule has 21 heavy (non-hydrogen) atoms. The minimum Gasteiger partial charge on any atom is -0.480 e. The van der Waals surface area contributed by atoms with Gasteiger partial charge in [0.1, 0.15) is 5.75 Å². The normalized spacial score (nSPS) is 20.4. The van der Waals surface area contributed by atoms with Gasteiger partial charge in [0.25, 0.3) is 0 Å². The summed E-state index contributed by atoms with van der Waals surface area (Å²) in [7, 11) is 0. The third-order valence-corrected chi connectivity index (χ3v) is 4.92. The Morgan fingerprint density at radius 2 is 2.14 bits per heavy atom. The van der Waals surface area contributed by atoms with E-state index in [1.54, 1.807) is 18.0 Å². The number of nitrogens with zero attached hydrogens (tertiary/aromatic N) is 2. The van der Waals surface area contributed by atoms with Crippen LogP contribution in [0.3, 0.4) is 0 Å². The number of Topliss-reactive ketones (excluding diaryl/α,β-unsaturated/α-hetero) is 1. The number of ether oxygens (including phenoxy) is 1. The van der Waals surface area contributed by atoms with Gasteiger partial charge in [-0.3, -0.25) is 4.79 Å². The third-order valence-electron chi connectivity index (χ3n) is 3.80. The highest BCUT2D eigenvalue weighted by atomic mass is 32.2. The number of para-hydroxylation sites is 1. The lowest BCUT2D eigenvalue weighted by Crippen LogP contribution is -2.21. The van der Waals surface area contributed by atoms with Crippen LogP contribution in [0.15, 0.2) is 35.4 Å². The molecule has 1 aromatic carbocycles. The molecule has 1 aromatic heterocycles. The van der Waals surface area contributed by atoms with Crippen molar-refractivity contribution in [3.8, 4) is 5.75 Å². The number of hydrogen-bond acceptors (Lipinski definition) is 5. The second-order valence-electron chi connectivity index (χ2n) is 5.23. The molecule has 4 rings (SSSR count). The van der Waals surface area contributed by atoms with Crippen molar-refractivity contribution in [1.82, 2.24) is 9.97 Å². The van der Waals surface area contributed by atoms with Crippen molar-refractivity contribution in [2.45, 2.75) is 30.3 Å². The number of carbonyl (C=O) groups excluding carboxylic acids is 1. The van der Waals surface area contributed by atoms with Gasteiger partial charge in [0.2, 0.25) is 0 Å². The van der Waals surface area contributed by atoms with E-state index in [-0.39, 0.29) is 11.9 Å². The fourth-order valence-corrected chi connectivity index (χ4v) is 3.69. The van der Waals surface area contributed by atoms with Crippen molar-refractivity contribution in [3.05, 3.63) is 47.5 Å². The van der Waals surface area contributed by atoms with Crippen LogP contribution in [0.1, 0.15) is 40.8 Å². The molecule has 0 N–H and O–H groups in total. The highest BCUT2D eigenvalue weighted by Crippen LogP contribution is 2.39. The molecule has 106 valence electrons. The topological polar surface area (TPSA) is 52.1 Å². The molecule has 1 atom stereocenters. The monoisotopic (exact) mass is 298 g/mol. The van der Waals surface area contributed by atoms with Crippen molar-refractivity contribution < 1.29 is 9.53 Å². The number of hydrogen-bond donors (Lipinski definition) is 0. The number of fused-ring (bicyclic) bond motifs is 2. The van der Waals surface area contributed by atoms with Crippen LogP contribution < -0.4 is 4.74 Å². The average molecular weight is 298 g/mol. The van der Waals surface area contributed by atoms with Crippen LogP contribution in [0.5, 0.6) is 5.75 Å². The minimum atomic E-state index is -0.146. The molecule has 1 unspecified atom stereocenters. The first-order valence-electron chi connectivity index (χ1n) is 7.09. The van der Waals surface area contributed by atoms with Crippen LogP contribution in [0.25, 0.3) is 0 Å².